The van der Waals surface area contributed by atoms with Crippen LogP contribution in [0.1, 0.15) is 27.4 Å². The summed E-state index contributed by atoms with van der Waals surface area (Å²) in [5, 5.41) is 0. The Balaban J connectivity index is 1.79. The van der Waals surface area contributed by atoms with Gasteiger partial charge in [0.05, 0.1) is 11.0 Å². The molecule has 0 spiro atoms. The predicted octanol–water partition coefficient (Wildman–Crippen LogP) is 2.43. The number of carbonyl (C=O) groups is 1. The minimum Gasteiger partial charge on any atom is -0.381 e. The Labute approximate surface area is 99.4 Å². The molecule has 0 aliphatic carbocycles. The molecule has 3 nitrogen and oxygen atoms in total. The molecular formula is C12H16O3S. The van der Waals surface area contributed by atoms with Crippen molar-refractivity contribution in [3.05, 3.63) is 21.9 Å². The molecule has 1 aliphatic heterocycles. The molecule has 2 heterocycles. The van der Waals surface area contributed by atoms with Gasteiger partial charge in [-0.15, -0.1) is 11.3 Å². The van der Waals surface area contributed by atoms with E-state index in [1.165, 1.54) is 11.3 Å². The van der Waals surface area contributed by atoms with Crippen LogP contribution in [0.15, 0.2) is 12.1 Å². The molecule has 1 aromatic heterocycles. The number of aryl methyl sites for hydroxylation is 1. The van der Waals surface area contributed by atoms with Gasteiger partial charge < -0.3 is 9.47 Å². The van der Waals surface area contributed by atoms with E-state index >= 15 is 0 Å². The molecular weight excluding hydrogens is 224 g/mol. The number of carbonyl (C=O) groups excluding carboxylic acids is 1. The Morgan fingerprint density at radius 2 is 2.25 bits per heavy atom. The largest absolute Gasteiger partial charge is 0.381 e. The molecule has 0 saturated carbocycles. The van der Waals surface area contributed by atoms with E-state index in [2.05, 4.69) is 0 Å². The lowest BCUT2D eigenvalue weighted by atomic mass is 10.1. The van der Waals surface area contributed by atoms with Crippen LogP contribution in [-0.4, -0.2) is 31.7 Å². The zero-order valence-electron chi connectivity index (χ0n) is 9.40. The second-order valence-electron chi connectivity index (χ2n) is 3.96. The molecule has 0 radical (unpaired) electrons. The average molecular weight is 240 g/mol. The number of Topliss-reactive ketones (excluding diaryl/α,β-unsaturated/α-hetero) is 1. The maximum absolute atomic E-state index is 11.8. The van der Waals surface area contributed by atoms with Gasteiger partial charge in [-0.05, 0) is 31.9 Å². The van der Waals surface area contributed by atoms with Crippen molar-refractivity contribution < 1.29 is 14.3 Å². The van der Waals surface area contributed by atoms with Crippen LogP contribution >= 0.6 is 11.3 Å². The molecule has 2 rings (SSSR count). The molecule has 1 aromatic rings. The van der Waals surface area contributed by atoms with Crippen molar-refractivity contribution in [2.24, 2.45) is 0 Å². The van der Waals surface area contributed by atoms with E-state index in [9.17, 15) is 4.79 Å². The van der Waals surface area contributed by atoms with Crippen LogP contribution in [0.2, 0.25) is 0 Å². The van der Waals surface area contributed by atoms with Gasteiger partial charge in [0, 0.05) is 18.1 Å². The maximum Gasteiger partial charge on any atom is 0.198 e. The van der Waals surface area contributed by atoms with E-state index in [1.807, 2.05) is 19.1 Å². The zero-order valence-corrected chi connectivity index (χ0v) is 10.2. The molecule has 88 valence electrons. The van der Waals surface area contributed by atoms with Crippen LogP contribution in [0, 0.1) is 6.92 Å². The molecule has 16 heavy (non-hydrogen) atoms. The fraction of sp³-hybridized carbons (Fsp3) is 0.583. The van der Waals surface area contributed by atoms with E-state index in [4.69, 9.17) is 9.47 Å². The van der Waals surface area contributed by atoms with Crippen LogP contribution in [-0.2, 0) is 9.47 Å². The molecule has 1 fully saturated rings. The Morgan fingerprint density at radius 3 is 2.88 bits per heavy atom. The van der Waals surface area contributed by atoms with Crippen LogP contribution in [0.5, 0.6) is 0 Å². The van der Waals surface area contributed by atoms with Crippen molar-refractivity contribution in [1.82, 2.24) is 0 Å². The third kappa shape index (κ3) is 3.14. The van der Waals surface area contributed by atoms with Crippen molar-refractivity contribution in [2.45, 2.75) is 25.9 Å². The lowest BCUT2D eigenvalue weighted by Crippen LogP contribution is -2.25. The lowest BCUT2D eigenvalue weighted by Gasteiger charge is -2.21. The smallest absolute Gasteiger partial charge is 0.198 e. The molecule has 4 heteroatoms. The SMILES string of the molecule is Cc1ccc(C(=O)COC2CCOCC2)s1. The molecule has 0 bridgehead atoms. The minimum atomic E-state index is 0.0876. The zero-order chi connectivity index (χ0) is 11.4. The first kappa shape index (κ1) is 11.8. The predicted molar refractivity (Wildman–Crippen MR) is 63.2 cm³/mol. The van der Waals surface area contributed by atoms with Crippen LogP contribution in [0.3, 0.4) is 0 Å². The standard InChI is InChI=1S/C12H16O3S/c1-9-2-3-12(16-9)11(13)8-15-10-4-6-14-7-5-10/h2-3,10H,4-8H2,1H3. The van der Waals surface area contributed by atoms with Crippen LogP contribution in [0.25, 0.3) is 0 Å². The molecule has 0 unspecified atom stereocenters. The van der Waals surface area contributed by atoms with E-state index in [1.54, 1.807) is 0 Å². The highest BCUT2D eigenvalue weighted by Gasteiger charge is 2.16. The van der Waals surface area contributed by atoms with Gasteiger partial charge in [0.25, 0.3) is 0 Å². The second kappa shape index (κ2) is 5.57. The lowest BCUT2D eigenvalue weighted by molar-refractivity contribution is -0.0261. The van der Waals surface area contributed by atoms with Crippen molar-refractivity contribution in [2.75, 3.05) is 19.8 Å². The first-order valence-electron chi connectivity index (χ1n) is 5.54. The quantitative estimate of drug-likeness (QED) is 0.758. The summed E-state index contributed by atoms with van der Waals surface area (Å²) >= 11 is 1.53. The average Bonchev–Trinajstić information content (AvgIpc) is 2.74. The number of hydrogen-bond acceptors (Lipinski definition) is 4. The van der Waals surface area contributed by atoms with Crippen molar-refractivity contribution in [3.8, 4) is 0 Å². The van der Waals surface area contributed by atoms with E-state index in [-0.39, 0.29) is 18.5 Å². The molecule has 1 aliphatic rings. The van der Waals surface area contributed by atoms with E-state index < -0.39 is 0 Å². The number of rotatable bonds is 4. The summed E-state index contributed by atoms with van der Waals surface area (Å²) in [6.45, 7) is 3.69. The van der Waals surface area contributed by atoms with Crippen molar-refractivity contribution >= 4 is 17.1 Å². The third-order valence-electron chi connectivity index (χ3n) is 2.63. The summed E-state index contributed by atoms with van der Waals surface area (Å²) in [5.41, 5.74) is 0. The first-order valence-corrected chi connectivity index (χ1v) is 6.36. The Bertz CT molecular complexity index is 353. The molecule has 1 saturated heterocycles. The summed E-state index contributed by atoms with van der Waals surface area (Å²) in [4.78, 5) is 13.7. The molecule has 0 amide bonds. The van der Waals surface area contributed by atoms with Crippen molar-refractivity contribution in [3.63, 3.8) is 0 Å². The highest BCUT2D eigenvalue weighted by Crippen LogP contribution is 2.17. The Morgan fingerprint density at radius 1 is 1.50 bits per heavy atom. The van der Waals surface area contributed by atoms with Gasteiger partial charge in [-0.2, -0.15) is 0 Å². The topological polar surface area (TPSA) is 35.5 Å². The van der Waals surface area contributed by atoms with E-state index in [0.29, 0.717) is 0 Å². The fourth-order valence-corrected chi connectivity index (χ4v) is 2.48. The highest BCUT2D eigenvalue weighted by atomic mass is 32.1. The maximum atomic E-state index is 11.8. The van der Waals surface area contributed by atoms with Gasteiger partial charge in [0.1, 0.15) is 6.61 Å². The van der Waals surface area contributed by atoms with E-state index in [0.717, 1.165) is 35.8 Å². The Hall–Kier alpha value is -0.710. The van der Waals surface area contributed by atoms with Crippen LogP contribution < -0.4 is 0 Å². The first-order chi connectivity index (χ1) is 7.75. The van der Waals surface area contributed by atoms with Gasteiger partial charge in [-0.3, -0.25) is 4.79 Å². The summed E-state index contributed by atoms with van der Waals surface area (Å²) in [5.74, 6) is 0.0876. The molecule has 0 aromatic carbocycles. The number of ether oxygens (including phenoxy) is 2. The second-order valence-corrected chi connectivity index (χ2v) is 5.24. The minimum absolute atomic E-state index is 0.0876. The number of thiophene rings is 1. The fourth-order valence-electron chi connectivity index (χ4n) is 1.69. The summed E-state index contributed by atoms with van der Waals surface area (Å²) < 4.78 is 10.8. The normalized spacial score (nSPS) is 17.6. The highest BCUT2D eigenvalue weighted by molar-refractivity contribution is 7.14. The van der Waals surface area contributed by atoms with Gasteiger partial charge in [-0.25, -0.2) is 0 Å². The summed E-state index contributed by atoms with van der Waals surface area (Å²) in [7, 11) is 0. The summed E-state index contributed by atoms with van der Waals surface area (Å²) in [6, 6.07) is 3.84. The van der Waals surface area contributed by atoms with Crippen molar-refractivity contribution in [1.29, 1.82) is 0 Å². The van der Waals surface area contributed by atoms with Gasteiger partial charge in [0.15, 0.2) is 5.78 Å². The van der Waals surface area contributed by atoms with Gasteiger partial charge in [-0.1, -0.05) is 0 Å². The molecule has 0 N–H and O–H groups in total. The monoisotopic (exact) mass is 240 g/mol. The number of ketones is 1. The van der Waals surface area contributed by atoms with Crippen LogP contribution in [0.4, 0.5) is 0 Å². The molecule has 0 atom stereocenters. The number of hydrogen-bond donors (Lipinski definition) is 0. The summed E-state index contributed by atoms with van der Waals surface area (Å²) in [6.07, 6.45) is 1.99. The third-order valence-corrected chi connectivity index (χ3v) is 3.68. The van der Waals surface area contributed by atoms with Gasteiger partial charge in [0.2, 0.25) is 0 Å². The Kier molecular flexibility index (Phi) is 4.09. The van der Waals surface area contributed by atoms with Gasteiger partial charge >= 0.3 is 0 Å².